The second-order valence-corrected chi connectivity index (χ2v) is 5.61. The highest BCUT2D eigenvalue weighted by Gasteiger charge is 2.40. The first-order valence-electron chi connectivity index (χ1n) is 6.43. The van der Waals surface area contributed by atoms with Crippen molar-refractivity contribution in [2.75, 3.05) is 13.8 Å². The number of thioether (sulfide) groups is 1. The molecule has 2 rings (SSSR count). The minimum absolute atomic E-state index is 0.385. The molecule has 1 aliphatic heterocycles. The average Bonchev–Trinajstić information content (AvgIpc) is 2.50. The van der Waals surface area contributed by atoms with Crippen LogP contribution in [0.15, 0.2) is 24.3 Å². The largest absolute Gasteiger partial charge is 0.497 e. The molecule has 0 aliphatic carbocycles. The number of cyclic esters (lactones) is 1. The summed E-state index contributed by atoms with van der Waals surface area (Å²) in [6.45, 7) is 0.992. The molecule has 1 saturated heterocycles. The number of morpholine rings is 1. The van der Waals surface area contributed by atoms with Gasteiger partial charge in [0.1, 0.15) is 12.5 Å². The molecule has 7 heteroatoms. The van der Waals surface area contributed by atoms with Gasteiger partial charge < -0.3 is 14.6 Å². The van der Waals surface area contributed by atoms with Gasteiger partial charge in [0, 0.05) is 5.75 Å². The maximum Gasteiger partial charge on any atom is 0.340 e. The van der Waals surface area contributed by atoms with E-state index in [4.69, 9.17) is 9.47 Å². The lowest BCUT2D eigenvalue weighted by molar-refractivity contribution is -0.175. The van der Waals surface area contributed by atoms with Crippen LogP contribution < -0.4 is 4.74 Å². The summed E-state index contributed by atoms with van der Waals surface area (Å²) in [6.07, 6.45) is -0.845. The molecule has 1 aromatic rings. The molecule has 0 bridgehead atoms. The number of methoxy groups -OCH3 is 1. The summed E-state index contributed by atoms with van der Waals surface area (Å²) in [7, 11) is 1.59. The Labute approximate surface area is 127 Å². The quantitative estimate of drug-likeness (QED) is 0.817. The van der Waals surface area contributed by atoms with Crippen LogP contribution in [0.4, 0.5) is 0 Å². The van der Waals surface area contributed by atoms with Gasteiger partial charge in [0.15, 0.2) is 11.5 Å². The third-order valence-electron chi connectivity index (χ3n) is 3.13. The summed E-state index contributed by atoms with van der Waals surface area (Å²) in [5.74, 6) is 0.378. The van der Waals surface area contributed by atoms with E-state index in [0.717, 1.165) is 16.2 Å². The first kappa shape index (κ1) is 15.7. The van der Waals surface area contributed by atoms with Gasteiger partial charge >= 0.3 is 5.97 Å². The second kappa shape index (κ2) is 6.82. The first-order valence-corrected chi connectivity index (χ1v) is 7.48. The standard InChI is InChI=1S/C14H17NO5S/c1-9-12(17)15(8-16)13(14(18)20-9)21-7-10-3-5-11(19-2)6-4-10/h3-6,9,13,16H,7-8H2,1-2H3/t9?,13-/m0/s1. The van der Waals surface area contributed by atoms with Gasteiger partial charge in [-0.1, -0.05) is 12.1 Å². The van der Waals surface area contributed by atoms with Gasteiger partial charge in [-0.2, -0.15) is 0 Å². The summed E-state index contributed by atoms with van der Waals surface area (Å²) in [5, 5.41) is 8.48. The molecule has 1 amide bonds. The number of hydrogen-bond acceptors (Lipinski definition) is 6. The van der Waals surface area contributed by atoms with Crippen molar-refractivity contribution in [2.24, 2.45) is 0 Å². The molecule has 1 unspecified atom stereocenters. The fraction of sp³-hybridized carbons (Fsp3) is 0.429. The lowest BCUT2D eigenvalue weighted by atomic mass is 10.2. The van der Waals surface area contributed by atoms with Crippen LogP contribution in [-0.2, 0) is 20.1 Å². The molecule has 1 N–H and O–H groups in total. The smallest absolute Gasteiger partial charge is 0.340 e. The number of hydrogen-bond donors (Lipinski definition) is 1. The first-order chi connectivity index (χ1) is 10.1. The zero-order valence-corrected chi connectivity index (χ0v) is 12.6. The van der Waals surface area contributed by atoms with Gasteiger partial charge in [-0.15, -0.1) is 11.8 Å². The second-order valence-electron chi connectivity index (χ2n) is 4.54. The van der Waals surface area contributed by atoms with Crippen molar-refractivity contribution in [1.29, 1.82) is 0 Å². The molecule has 1 aromatic carbocycles. The summed E-state index contributed by atoms with van der Waals surface area (Å²) in [5.41, 5.74) is 0.984. The molecule has 0 radical (unpaired) electrons. The summed E-state index contributed by atoms with van der Waals surface area (Å²) >= 11 is 1.24. The number of amides is 1. The van der Waals surface area contributed by atoms with Crippen molar-refractivity contribution < 1.29 is 24.2 Å². The van der Waals surface area contributed by atoms with E-state index in [1.54, 1.807) is 7.11 Å². The van der Waals surface area contributed by atoms with E-state index in [9.17, 15) is 14.7 Å². The van der Waals surface area contributed by atoms with Crippen molar-refractivity contribution in [3.63, 3.8) is 0 Å². The van der Waals surface area contributed by atoms with Gasteiger partial charge in [-0.05, 0) is 24.6 Å². The van der Waals surface area contributed by atoms with E-state index < -0.39 is 24.2 Å². The average molecular weight is 311 g/mol. The Hall–Kier alpha value is -1.73. The zero-order valence-electron chi connectivity index (χ0n) is 11.8. The monoisotopic (exact) mass is 311 g/mol. The highest BCUT2D eigenvalue weighted by atomic mass is 32.2. The Bertz CT molecular complexity index is 519. The summed E-state index contributed by atoms with van der Waals surface area (Å²) < 4.78 is 10.1. The Kier molecular flexibility index (Phi) is 5.08. The van der Waals surface area contributed by atoms with Crippen molar-refractivity contribution in [1.82, 2.24) is 4.90 Å². The maximum absolute atomic E-state index is 11.9. The van der Waals surface area contributed by atoms with Crippen LogP contribution in [0.25, 0.3) is 0 Å². The van der Waals surface area contributed by atoms with E-state index in [0.29, 0.717) is 5.75 Å². The Morgan fingerprint density at radius 2 is 2.00 bits per heavy atom. The molecule has 6 nitrogen and oxygen atoms in total. The lowest BCUT2D eigenvalue weighted by Gasteiger charge is -2.34. The minimum Gasteiger partial charge on any atom is -0.497 e. The predicted octanol–water partition coefficient (Wildman–Crippen LogP) is 0.978. The molecular formula is C14H17NO5S. The van der Waals surface area contributed by atoms with Crippen LogP contribution in [0.1, 0.15) is 12.5 Å². The van der Waals surface area contributed by atoms with Crippen LogP contribution >= 0.6 is 11.8 Å². The van der Waals surface area contributed by atoms with E-state index in [-0.39, 0.29) is 5.91 Å². The number of esters is 1. The van der Waals surface area contributed by atoms with Crippen molar-refractivity contribution in [3.8, 4) is 5.75 Å². The highest BCUT2D eigenvalue weighted by Crippen LogP contribution is 2.27. The summed E-state index contributed by atoms with van der Waals surface area (Å²) in [6, 6.07) is 7.42. The maximum atomic E-state index is 11.9. The van der Waals surface area contributed by atoms with E-state index in [1.165, 1.54) is 18.7 Å². The van der Waals surface area contributed by atoms with Crippen LogP contribution in [0.2, 0.25) is 0 Å². The number of nitrogens with zero attached hydrogens (tertiary/aromatic N) is 1. The SMILES string of the molecule is COc1ccc(CS[C@H]2C(=O)OC(C)C(=O)N2CO)cc1. The number of carbonyl (C=O) groups excluding carboxylic acids is 2. The number of ether oxygens (including phenoxy) is 2. The summed E-state index contributed by atoms with van der Waals surface area (Å²) in [4.78, 5) is 24.9. The molecule has 1 fully saturated rings. The van der Waals surface area contributed by atoms with Crippen molar-refractivity contribution in [3.05, 3.63) is 29.8 Å². The molecule has 0 spiro atoms. The van der Waals surface area contributed by atoms with Crippen molar-refractivity contribution >= 4 is 23.6 Å². The molecule has 0 saturated carbocycles. The number of aliphatic hydroxyl groups is 1. The van der Waals surface area contributed by atoms with E-state index >= 15 is 0 Å². The lowest BCUT2D eigenvalue weighted by Crippen LogP contribution is -2.54. The molecule has 0 aromatic heterocycles. The van der Waals surface area contributed by atoms with Gasteiger partial charge in [0.25, 0.3) is 5.91 Å². The Balaban J connectivity index is 2.02. The molecule has 114 valence electrons. The molecule has 1 heterocycles. The van der Waals surface area contributed by atoms with Crippen LogP contribution in [-0.4, -0.2) is 47.2 Å². The van der Waals surface area contributed by atoms with Gasteiger partial charge in [0.05, 0.1) is 7.11 Å². The number of rotatable bonds is 5. The van der Waals surface area contributed by atoms with E-state index in [1.807, 2.05) is 24.3 Å². The zero-order chi connectivity index (χ0) is 15.4. The number of aliphatic hydroxyl groups excluding tert-OH is 1. The fourth-order valence-corrected chi connectivity index (χ4v) is 3.04. The topological polar surface area (TPSA) is 76.1 Å². The van der Waals surface area contributed by atoms with Gasteiger partial charge in [-0.3, -0.25) is 9.69 Å². The van der Waals surface area contributed by atoms with Crippen molar-refractivity contribution in [2.45, 2.75) is 24.2 Å². The molecule has 2 atom stereocenters. The third-order valence-corrected chi connectivity index (χ3v) is 4.39. The Morgan fingerprint density at radius 3 is 2.57 bits per heavy atom. The molecule has 1 aliphatic rings. The number of carbonyl (C=O) groups is 2. The highest BCUT2D eigenvalue weighted by molar-refractivity contribution is 7.99. The van der Waals surface area contributed by atoms with Gasteiger partial charge in [-0.25, -0.2) is 4.79 Å². The van der Waals surface area contributed by atoms with E-state index in [2.05, 4.69) is 0 Å². The third kappa shape index (κ3) is 3.48. The van der Waals surface area contributed by atoms with Crippen LogP contribution in [0.3, 0.4) is 0 Å². The molecule has 21 heavy (non-hydrogen) atoms. The van der Waals surface area contributed by atoms with Crippen LogP contribution in [0, 0.1) is 0 Å². The predicted molar refractivity (Wildman–Crippen MR) is 77.6 cm³/mol. The number of benzene rings is 1. The Morgan fingerprint density at radius 1 is 1.33 bits per heavy atom. The fourth-order valence-electron chi connectivity index (χ4n) is 1.96. The molecular weight excluding hydrogens is 294 g/mol. The minimum atomic E-state index is -0.845. The normalized spacial score (nSPS) is 22.1. The van der Waals surface area contributed by atoms with Gasteiger partial charge in [0.2, 0.25) is 0 Å². The van der Waals surface area contributed by atoms with Crippen LogP contribution in [0.5, 0.6) is 5.75 Å².